The molecule has 0 fully saturated rings. The van der Waals surface area contributed by atoms with Gasteiger partial charge in [0.15, 0.2) is 4.80 Å². The number of rotatable bonds is 6. The van der Waals surface area contributed by atoms with Gasteiger partial charge in [-0.25, -0.2) is 4.99 Å². The second kappa shape index (κ2) is 11.2. The van der Waals surface area contributed by atoms with Crippen molar-refractivity contribution in [1.29, 1.82) is 0 Å². The molecule has 6 nitrogen and oxygen atoms in total. The fourth-order valence-corrected chi connectivity index (χ4v) is 5.77. The van der Waals surface area contributed by atoms with Gasteiger partial charge in [-0.1, -0.05) is 64.9 Å². The molecule has 1 aliphatic rings. The maximum Gasteiger partial charge on any atom is 0.271 e. The topological polar surface area (TPSA) is 72.7 Å². The van der Waals surface area contributed by atoms with Gasteiger partial charge < -0.3 is 10.1 Å². The normalized spacial score (nSPS) is 15.2. The Morgan fingerprint density at radius 2 is 1.74 bits per heavy atom. The van der Waals surface area contributed by atoms with E-state index in [1.807, 2.05) is 56.3 Å². The molecule has 0 unspecified atom stereocenters. The van der Waals surface area contributed by atoms with E-state index in [4.69, 9.17) is 32.9 Å². The number of amides is 1. The van der Waals surface area contributed by atoms with E-state index >= 15 is 0 Å². The molecule has 1 amide bonds. The maximum atomic E-state index is 13.9. The third-order valence-electron chi connectivity index (χ3n) is 6.10. The zero-order chi connectivity index (χ0) is 27.7. The molecule has 0 aliphatic carbocycles. The lowest BCUT2D eigenvalue weighted by atomic mass is 9.95. The zero-order valence-electron chi connectivity index (χ0n) is 21.4. The van der Waals surface area contributed by atoms with Crippen molar-refractivity contribution in [3.05, 3.63) is 125 Å². The van der Waals surface area contributed by atoms with Crippen molar-refractivity contribution in [3.63, 3.8) is 0 Å². The zero-order valence-corrected chi connectivity index (χ0v) is 23.8. The Morgan fingerprint density at radius 1 is 1.05 bits per heavy atom. The Bertz CT molecular complexity index is 1760. The molecule has 0 bridgehead atoms. The van der Waals surface area contributed by atoms with Crippen molar-refractivity contribution in [2.24, 2.45) is 4.99 Å². The van der Waals surface area contributed by atoms with Gasteiger partial charge in [0.05, 0.1) is 27.9 Å². The number of fused-ring (bicyclic) bond motifs is 1. The van der Waals surface area contributed by atoms with Crippen LogP contribution in [-0.4, -0.2) is 16.6 Å². The van der Waals surface area contributed by atoms with Crippen molar-refractivity contribution >= 4 is 52.2 Å². The summed E-state index contributed by atoms with van der Waals surface area (Å²) in [5.74, 6) is 0.285. The van der Waals surface area contributed by atoms with Gasteiger partial charge in [0.1, 0.15) is 5.75 Å². The number of ether oxygens (including phenoxy) is 1. The average Bonchev–Trinajstić information content (AvgIpc) is 3.20. The first-order valence-corrected chi connectivity index (χ1v) is 13.9. The third kappa shape index (κ3) is 5.71. The third-order valence-corrected chi connectivity index (χ3v) is 7.57. The summed E-state index contributed by atoms with van der Waals surface area (Å²) in [6.07, 6.45) is 1.70. The molecule has 0 spiro atoms. The second-order valence-electron chi connectivity index (χ2n) is 9.30. The maximum absolute atomic E-state index is 13.9. The molecule has 5 rings (SSSR count). The standard InChI is InChI=1S/C30H25Cl2N3O3S/c1-17(2)38-24-14-13-22(32)15-20(24)16-25-29(37)35-27(19-9-11-21(31)12-10-19)26(18(3)33-30(35)39-25)28(36)34-23-7-5-4-6-8-23/h4-17,27H,1-3H3,(H,34,36)/b25-16+/t27-/m1/s1. The van der Waals surface area contributed by atoms with Crippen molar-refractivity contribution in [3.8, 4) is 5.75 Å². The van der Waals surface area contributed by atoms with E-state index in [9.17, 15) is 9.59 Å². The number of allylic oxidation sites excluding steroid dienone is 1. The number of benzene rings is 3. The van der Waals surface area contributed by atoms with Gasteiger partial charge in [-0.15, -0.1) is 0 Å². The molecule has 9 heteroatoms. The van der Waals surface area contributed by atoms with Crippen LogP contribution in [0.1, 0.15) is 37.9 Å². The number of aromatic nitrogens is 1. The summed E-state index contributed by atoms with van der Waals surface area (Å²) in [7, 11) is 0. The number of anilines is 1. The number of hydrogen-bond acceptors (Lipinski definition) is 5. The highest BCUT2D eigenvalue weighted by Gasteiger charge is 2.32. The summed E-state index contributed by atoms with van der Waals surface area (Å²) in [6, 6.07) is 20.9. The minimum Gasteiger partial charge on any atom is -0.490 e. The molecule has 39 heavy (non-hydrogen) atoms. The Morgan fingerprint density at radius 3 is 2.44 bits per heavy atom. The Labute approximate surface area is 239 Å². The van der Waals surface area contributed by atoms with Crippen LogP contribution in [0.5, 0.6) is 5.75 Å². The van der Waals surface area contributed by atoms with E-state index in [1.165, 1.54) is 11.3 Å². The first-order chi connectivity index (χ1) is 18.7. The van der Waals surface area contributed by atoms with E-state index in [0.29, 0.717) is 47.6 Å². The molecule has 198 valence electrons. The van der Waals surface area contributed by atoms with Crippen molar-refractivity contribution in [2.75, 3.05) is 5.32 Å². The number of halogens is 2. The molecule has 0 radical (unpaired) electrons. The SMILES string of the molecule is CC1=C(C(=O)Nc2ccccc2)[C@@H](c2ccc(Cl)cc2)n2c(s/c(=C/c3cc(Cl)ccc3OC(C)C)c2=O)=N1. The van der Waals surface area contributed by atoms with Crippen LogP contribution in [0.4, 0.5) is 5.69 Å². The summed E-state index contributed by atoms with van der Waals surface area (Å²) in [5, 5.41) is 4.03. The minimum atomic E-state index is -0.699. The van der Waals surface area contributed by atoms with E-state index in [-0.39, 0.29) is 17.6 Å². The van der Waals surface area contributed by atoms with Gasteiger partial charge in [-0.2, -0.15) is 0 Å². The molecule has 0 saturated carbocycles. The fraction of sp³-hybridized carbons (Fsp3) is 0.167. The van der Waals surface area contributed by atoms with Gasteiger partial charge in [0.2, 0.25) is 0 Å². The first-order valence-electron chi connectivity index (χ1n) is 12.3. The number of nitrogens with zero attached hydrogens (tertiary/aromatic N) is 2. The Kier molecular flexibility index (Phi) is 7.75. The molecule has 0 saturated heterocycles. The predicted molar refractivity (Wildman–Crippen MR) is 158 cm³/mol. The van der Waals surface area contributed by atoms with Crippen LogP contribution in [-0.2, 0) is 4.79 Å². The summed E-state index contributed by atoms with van der Waals surface area (Å²) >= 11 is 13.7. The summed E-state index contributed by atoms with van der Waals surface area (Å²) in [4.78, 5) is 32.8. The van der Waals surface area contributed by atoms with Gasteiger partial charge in [-0.3, -0.25) is 14.2 Å². The average molecular weight is 579 g/mol. The lowest BCUT2D eigenvalue weighted by molar-refractivity contribution is -0.113. The molecule has 3 aromatic carbocycles. The van der Waals surface area contributed by atoms with Crippen LogP contribution >= 0.6 is 34.5 Å². The Balaban J connectivity index is 1.68. The lowest BCUT2D eigenvalue weighted by Gasteiger charge is -2.25. The number of para-hydroxylation sites is 1. The highest BCUT2D eigenvalue weighted by molar-refractivity contribution is 7.07. The van der Waals surface area contributed by atoms with Crippen LogP contribution in [0.3, 0.4) is 0 Å². The quantitative estimate of drug-likeness (QED) is 0.307. The lowest BCUT2D eigenvalue weighted by Crippen LogP contribution is -2.40. The first kappa shape index (κ1) is 26.9. The summed E-state index contributed by atoms with van der Waals surface area (Å²) in [5.41, 5.74) is 2.71. The predicted octanol–water partition coefficient (Wildman–Crippen LogP) is 5.97. The van der Waals surface area contributed by atoms with Crippen LogP contribution < -0.4 is 24.9 Å². The summed E-state index contributed by atoms with van der Waals surface area (Å²) < 4.78 is 7.96. The number of carbonyl (C=O) groups is 1. The summed E-state index contributed by atoms with van der Waals surface area (Å²) in [6.45, 7) is 5.65. The molecular formula is C30H25Cl2N3O3S. The fourth-order valence-electron chi connectivity index (χ4n) is 4.43. The number of thiazole rings is 1. The van der Waals surface area contributed by atoms with Gasteiger partial charge in [0, 0.05) is 21.3 Å². The van der Waals surface area contributed by atoms with Crippen LogP contribution in [0.2, 0.25) is 10.0 Å². The highest BCUT2D eigenvalue weighted by Crippen LogP contribution is 2.31. The van der Waals surface area contributed by atoms with Crippen LogP contribution in [0, 0.1) is 0 Å². The molecule has 1 aromatic heterocycles. The second-order valence-corrected chi connectivity index (χ2v) is 11.2. The van der Waals surface area contributed by atoms with Crippen molar-refractivity contribution < 1.29 is 9.53 Å². The van der Waals surface area contributed by atoms with E-state index in [2.05, 4.69) is 5.32 Å². The van der Waals surface area contributed by atoms with Crippen LogP contribution in [0.25, 0.3) is 6.08 Å². The number of carbonyl (C=O) groups excluding carboxylic acids is 1. The van der Waals surface area contributed by atoms with E-state index in [1.54, 1.807) is 47.9 Å². The monoisotopic (exact) mass is 577 g/mol. The molecule has 4 aromatic rings. The van der Waals surface area contributed by atoms with Gasteiger partial charge in [-0.05, 0) is 74.9 Å². The number of nitrogens with one attached hydrogen (secondary N) is 1. The smallest absolute Gasteiger partial charge is 0.271 e. The Hall–Kier alpha value is -3.65. The van der Waals surface area contributed by atoms with Crippen molar-refractivity contribution in [1.82, 2.24) is 4.57 Å². The van der Waals surface area contributed by atoms with Gasteiger partial charge >= 0.3 is 0 Å². The van der Waals surface area contributed by atoms with Crippen LogP contribution in [0.15, 0.2) is 93.9 Å². The molecule has 1 aliphatic heterocycles. The molecular weight excluding hydrogens is 553 g/mol. The minimum absolute atomic E-state index is 0.0576. The molecule has 1 atom stereocenters. The number of hydrogen-bond donors (Lipinski definition) is 1. The van der Waals surface area contributed by atoms with Gasteiger partial charge in [0.25, 0.3) is 11.5 Å². The largest absolute Gasteiger partial charge is 0.490 e. The highest BCUT2D eigenvalue weighted by atomic mass is 35.5. The van der Waals surface area contributed by atoms with E-state index in [0.717, 1.165) is 5.56 Å². The molecule has 1 N–H and O–H groups in total. The van der Waals surface area contributed by atoms with E-state index < -0.39 is 6.04 Å². The molecule has 2 heterocycles. The van der Waals surface area contributed by atoms with Crippen molar-refractivity contribution in [2.45, 2.75) is 32.9 Å².